The lowest BCUT2D eigenvalue weighted by Gasteiger charge is -2.19. The first-order chi connectivity index (χ1) is 9.70. The van der Waals surface area contributed by atoms with Crippen LogP contribution in [-0.4, -0.2) is 22.3 Å². The minimum atomic E-state index is -0.340. The van der Waals surface area contributed by atoms with Crippen molar-refractivity contribution in [3.63, 3.8) is 0 Å². The maximum atomic E-state index is 12.3. The van der Waals surface area contributed by atoms with Crippen LogP contribution in [0.5, 0.6) is 0 Å². The summed E-state index contributed by atoms with van der Waals surface area (Å²) in [6.45, 7) is 0.306. The smallest absolute Gasteiger partial charge is 0.255 e. The molecule has 0 aliphatic carbocycles. The molecular formula is C15H13N3O2. The van der Waals surface area contributed by atoms with E-state index in [-0.39, 0.29) is 23.6 Å². The third-order valence-electron chi connectivity index (χ3n) is 2.79. The fourth-order valence-corrected chi connectivity index (χ4v) is 1.85. The number of amides is 1. The topological polar surface area (TPSA) is 77.0 Å². The van der Waals surface area contributed by atoms with Crippen molar-refractivity contribution in [1.82, 2.24) is 9.88 Å². The number of H-pyrrole nitrogens is 1. The average molecular weight is 267 g/mol. The molecule has 2 rings (SSSR count). The molecule has 0 fully saturated rings. The van der Waals surface area contributed by atoms with Gasteiger partial charge in [0.2, 0.25) is 5.56 Å². The Labute approximate surface area is 116 Å². The SMILES string of the molecule is N#CCN(Cc1ccccc1)C(=O)c1cc[nH]c(=O)c1. The van der Waals surface area contributed by atoms with E-state index in [0.717, 1.165) is 5.56 Å². The van der Waals surface area contributed by atoms with E-state index in [9.17, 15) is 9.59 Å². The normalized spacial score (nSPS) is 9.75. The first-order valence-electron chi connectivity index (χ1n) is 6.09. The van der Waals surface area contributed by atoms with Crippen molar-refractivity contribution in [2.45, 2.75) is 6.54 Å². The maximum absolute atomic E-state index is 12.3. The standard InChI is InChI=1S/C15H13N3O2/c16-7-9-18(11-12-4-2-1-3-5-12)15(20)13-6-8-17-14(19)10-13/h1-6,8,10H,9,11H2,(H,17,19). The number of pyridine rings is 1. The molecule has 0 bridgehead atoms. The number of carbonyl (C=O) groups is 1. The molecule has 0 spiro atoms. The summed E-state index contributed by atoms with van der Waals surface area (Å²) in [7, 11) is 0. The zero-order valence-electron chi connectivity index (χ0n) is 10.7. The van der Waals surface area contributed by atoms with Crippen molar-refractivity contribution >= 4 is 5.91 Å². The minimum absolute atomic E-state index is 0.0273. The van der Waals surface area contributed by atoms with E-state index in [1.165, 1.54) is 23.2 Å². The van der Waals surface area contributed by atoms with Crippen molar-refractivity contribution in [2.24, 2.45) is 0 Å². The summed E-state index contributed by atoms with van der Waals surface area (Å²) in [5.41, 5.74) is 0.869. The Balaban J connectivity index is 2.22. The molecule has 2 aromatic rings. The van der Waals surface area contributed by atoms with Gasteiger partial charge in [-0.25, -0.2) is 0 Å². The Bertz CT molecular complexity index is 686. The van der Waals surface area contributed by atoms with Crippen LogP contribution in [0, 0.1) is 11.3 Å². The van der Waals surface area contributed by atoms with Crippen LogP contribution < -0.4 is 5.56 Å². The molecule has 100 valence electrons. The number of aromatic nitrogens is 1. The second kappa shape index (κ2) is 6.34. The predicted octanol–water partition coefficient (Wildman–Crippen LogP) is 1.54. The molecular weight excluding hydrogens is 254 g/mol. The summed E-state index contributed by atoms with van der Waals surface area (Å²) < 4.78 is 0. The van der Waals surface area contributed by atoms with Gasteiger partial charge in [-0.15, -0.1) is 0 Å². The quantitative estimate of drug-likeness (QED) is 0.853. The lowest BCUT2D eigenvalue weighted by molar-refractivity contribution is 0.0764. The fraction of sp³-hybridized carbons (Fsp3) is 0.133. The lowest BCUT2D eigenvalue weighted by atomic mass is 10.2. The summed E-state index contributed by atoms with van der Waals surface area (Å²) in [6, 6.07) is 14.1. The van der Waals surface area contributed by atoms with E-state index < -0.39 is 0 Å². The summed E-state index contributed by atoms with van der Waals surface area (Å²) >= 11 is 0. The van der Waals surface area contributed by atoms with Crippen LogP contribution in [0.15, 0.2) is 53.5 Å². The second-order valence-corrected chi connectivity index (χ2v) is 4.25. The number of benzene rings is 1. The van der Waals surface area contributed by atoms with Crippen LogP contribution in [0.1, 0.15) is 15.9 Å². The summed E-state index contributed by atoms with van der Waals surface area (Å²) in [5, 5.41) is 8.85. The zero-order chi connectivity index (χ0) is 14.4. The minimum Gasteiger partial charge on any atom is -0.329 e. The summed E-state index contributed by atoms with van der Waals surface area (Å²) in [5.74, 6) is -0.332. The molecule has 5 nitrogen and oxygen atoms in total. The Kier molecular flexibility index (Phi) is 4.30. The third-order valence-corrected chi connectivity index (χ3v) is 2.79. The van der Waals surface area contributed by atoms with Crippen LogP contribution >= 0.6 is 0 Å². The van der Waals surface area contributed by atoms with Gasteiger partial charge in [-0.3, -0.25) is 9.59 Å². The molecule has 0 unspecified atom stereocenters. The highest BCUT2D eigenvalue weighted by molar-refractivity contribution is 5.94. The van der Waals surface area contributed by atoms with Gasteiger partial charge in [0.05, 0.1) is 6.07 Å². The van der Waals surface area contributed by atoms with Crippen LogP contribution in [0.25, 0.3) is 0 Å². The van der Waals surface area contributed by atoms with Crippen LogP contribution in [0.2, 0.25) is 0 Å². The van der Waals surface area contributed by atoms with Gasteiger partial charge in [0.15, 0.2) is 0 Å². The summed E-state index contributed by atoms with van der Waals surface area (Å²) in [6.07, 6.45) is 1.42. The van der Waals surface area contributed by atoms with E-state index in [2.05, 4.69) is 4.98 Å². The largest absolute Gasteiger partial charge is 0.329 e. The first-order valence-corrected chi connectivity index (χ1v) is 6.09. The summed E-state index contributed by atoms with van der Waals surface area (Å²) in [4.78, 5) is 27.4. The van der Waals surface area contributed by atoms with E-state index in [4.69, 9.17) is 5.26 Å². The van der Waals surface area contributed by atoms with E-state index >= 15 is 0 Å². The van der Waals surface area contributed by atoms with E-state index in [0.29, 0.717) is 6.54 Å². The molecule has 1 amide bonds. The Morgan fingerprint density at radius 1 is 1.25 bits per heavy atom. The highest BCUT2D eigenvalue weighted by atomic mass is 16.2. The number of hydrogen-bond donors (Lipinski definition) is 1. The monoisotopic (exact) mass is 267 g/mol. The maximum Gasteiger partial charge on any atom is 0.255 e. The Morgan fingerprint density at radius 3 is 2.65 bits per heavy atom. The Hall–Kier alpha value is -2.87. The van der Waals surface area contributed by atoms with Gasteiger partial charge in [0.1, 0.15) is 6.54 Å². The van der Waals surface area contributed by atoms with Gasteiger partial charge in [0.25, 0.3) is 5.91 Å². The van der Waals surface area contributed by atoms with Crippen LogP contribution in [-0.2, 0) is 6.54 Å². The molecule has 1 N–H and O–H groups in total. The number of aromatic amines is 1. The lowest BCUT2D eigenvalue weighted by Crippen LogP contribution is -2.31. The van der Waals surface area contributed by atoms with Crippen molar-refractivity contribution < 1.29 is 4.79 Å². The van der Waals surface area contributed by atoms with Crippen molar-refractivity contribution in [1.29, 1.82) is 5.26 Å². The number of nitriles is 1. The molecule has 0 aliphatic heterocycles. The van der Waals surface area contributed by atoms with Gasteiger partial charge in [-0.2, -0.15) is 5.26 Å². The number of rotatable bonds is 4. The average Bonchev–Trinajstić information content (AvgIpc) is 2.47. The zero-order valence-corrected chi connectivity index (χ0v) is 10.7. The predicted molar refractivity (Wildman–Crippen MR) is 73.9 cm³/mol. The molecule has 0 radical (unpaired) electrons. The molecule has 0 saturated heterocycles. The Morgan fingerprint density at radius 2 is 2.00 bits per heavy atom. The molecule has 0 atom stereocenters. The molecule has 1 aromatic heterocycles. The molecule has 0 saturated carbocycles. The van der Waals surface area contributed by atoms with Gasteiger partial charge in [0, 0.05) is 24.4 Å². The van der Waals surface area contributed by atoms with Crippen LogP contribution in [0.3, 0.4) is 0 Å². The number of nitrogens with zero attached hydrogens (tertiary/aromatic N) is 2. The van der Waals surface area contributed by atoms with Gasteiger partial charge in [-0.1, -0.05) is 30.3 Å². The first kappa shape index (κ1) is 13.6. The van der Waals surface area contributed by atoms with Gasteiger partial charge >= 0.3 is 0 Å². The van der Waals surface area contributed by atoms with Crippen molar-refractivity contribution in [3.8, 4) is 6.07 Å². The van der Waals surface area contributed by atoms with E-state index in [1.54, 1.807) is 0 Å². The molecule has 1 aromatic carbocycles. The van der Waals surface area contributed by atoms with Gasteiger partial charge in [-0.05, 0) is 11.6 Å². The van der Waals surface area contributed by atoms with Crippen LogP contribution in [0.4, 0.5) is 0 Å². The number of hydrogen-bond acceptors (Lipinski definition) is 3. The third kappa shape index (κ3) is 3.33. The highest BCUT2D eigenvalue weighted by Crippen LogP contribution is 2.08. The fourth-order valence-electron chi connectivity index (χ4n) is 1.85. The molecule has 0 aliphatic rings. The molecule has 5 heteroatoms. The van der Waals surface area contributed by atoms with Crippen molar-refractivity contribution in [3.05, 3.63) is 70.1 Å². The number of carbonyl (C=O) groups excluding carboxylic acids is 1. The molecule has 1 heterocycles. The molecule has 20 heavy (non-hydrogen) atoms. The van der Waals surface area contributed by atoms with E-state index in [1.807, 2.05) is 36.4 Å². The second-order valence-electron chi connectivity index (χ2n) is 4.25. The van der Waals surface area contributed by atoms with Gasteiger partial charge < -0.3 is 9.88 Å². The number of nitrogens with one attached hydrogen (secondary N) is 1. The highest BCUT2D eigenvalue weighted by Gasteiger charge is 2.16. The van der Waals surface area contributed by atoms with Crippen molar-refractivity contribution in [2.75, 3.05) is 6.54 Å².